The minimum Gasteiger partial charge on any atom is -0.484 e. The van der Waals surface area contributed by atoms with Gasteiger partial charge in [-0.3, -0.25) is 19.6 Å². The van der Waals surface area contributed by atoms with Gasteiger partial charge in [-0.1, -0.05) is 57.5 Å². The van der Waals surface area contributed by atoms with E-state index in [-0.39, 0.29) is 107 Å². The van der Waals surface area contributed by atoms with Gasteiger partial charge in [-0.2, -0.15) is 0 Å². The molecule has 4 unspecified atom stereocenters. The van der Waals surface area contributed by atoms with E-state index >= 15 is 0 Å². The fourth-order valence-corrected chi connectivity index (χ4v) is 16.3. The summed E-state index contributed by atoms with van der Waals surface area (Å²) in [6.07, 6.45) is 6.28. The Bertz CT molecular complexity index is 3350. The first-order valence-corrected chi connectivity index (χ1v) is 28.8. The molecule has 6 aliphatic rings. The summed E-state index contributed by atoms with van der Waals surface area (Å²) in [6, 6.07) is 17.1. The van der Waals surface area contributed by atoms with E-state index in [2.05, 4.69) is 67.4 Å². The van der Waals surface area contributed by atoms with E-state index in [1.165, 1.54) is 13.8 Å². The monoisotopic (exact) mass is 1300 g/mol. The third kappa shape index (κ3) is 10.2. The molecule has 0 radical (unpaired) electrons. The highest BCUT2D eigenvalue weighted by Gasteiger charge is 2.71. The summed E-state index contributed by atoms with van der Waals surface area (Å²) in [5.74, 6) is -1.30. The quantitative estimate of drug-likeness (QED) is 0.0743. The van der Waals surface area contributed by atoms with Crippen LogP contribution in [0.25, 0.3) is 22.6 Å². The van der Waals surface area contributed by atoms with E-state index < -0.39 is 86.3 Å². The second-order valence-electron chi connectivity index (χ2n) is 25.2. The van der Waals surface area contributed by atoms with Crippen molar-refractivity contribution in [2.75, 3.05) is 13.2 Å². The number of rotatable bonds is 8. The molecule has 4 aliphatic carbocycles. The molecule has 0 spiro atoms. The molecule has 0 saturated heterocycles. The van der Waals surface area contributed by atoms with Gasteiger partial charge >= 0.3 is 29.2 Å². The number of hydrogen-bond donors (Lipinski definition) is 3. The first kappa shape index (κ1) is 61.1. The Hall–Kier alpha value is -5.48. The van der Waals surface area contributed by atoms with Crippen molar-refractivity contribution >= 4 is 57.8 Å². The second kappa shape index (κ2) is 22.5. The Morgan fingerprint density at radius 3 is 1.54 bits per heavy atom. The molecule has 3 N–H and O–H groups in total. The molecule has 5 aromatic rings. The molecule has 11 rings (SSSR count). The zero-order valence-corrected chi connectivity index (χ0v) is 51.9. The number of esters is 3. The lowest BCUT2D eigenvalue weighted by molar-refractivity contribution is -0.257. The van der Waals surface area contributed by atoms with E-state index in [0.717, 1.165) is 30.2 Å². The Balaban J connectivity index is 0.000000200. The van der Waals surface area contributed by atoms with Crippen molar-refractivity contribution in [1.29, 1.82) is 0 Å². The van der Waals surface area contributed by atoms with Crippen LogP contribution in [-0.4, -0.2) is 79.8 Å². The van der Waals surface area contributed by atoms with E-state index in [9.17, 15) is 39.3 Å². The van der Waals surface area contributed by atoms with Crippen LogP contribution in [0.3, 0.4) is 0 Å². The number of carbonyl (C=O) groups is 3. The molecule has 19 heteroatoms. The van der Waals surface area contributed by atoms with Crippen molar-refractivity contribution in [1.82, 2.24) is 9.97 Å². The van der Waals surface area contributed by atoms with E-state index in [1.54, 1.807) is 85.5 Å². The Morgan fingerprint density at radius 1 is 0.659 bits per heavy atom. The van der Waals surface area contributed by atoms with Crippen LogP contribution in [0, 0.1) is 57.2 Å². The predicted octanol–water partition coefficient (Wildman–Crippen LogP) is 11.0. The van der Waals surface area contributed by atoms with Crippen LogP contribution in [0.1, 0.15) is 141 Å². The van der Waals surface area contributed by atoms with Crippen molar-refractivity contribution in [3.8, 4) is 34.1 Å². The standard InChI is InChI=1S/C35H38BrNO8.C28H35NO7.HI/c1-19-12-13-33(3)26(34(19,4)18-42-20(2)38)16-27(44-31(40)21-8-10-23(36)11-9-21)35(5)30(33)29(39)28-25(45-35)15-24(43-32(28)41)22-7-6-14-37-17-22;1-15-8-9-26(3)20(27(15,4)14-34-16(2)30)12-21(31)28(5)24(26)23(32)22-19(36-28)11-18(35-25(22)33)17-7-6-10-29-13-17;/h6-11,14-15,17,19,26-27,29-30,39H,12-13,16,18H2,1-5H3;6-7,10-11,13,15,20-21,23-24,31-32H,8-9,12,14H2,1-5H3;1H/t19-,26?,27-,29-,30?,33-,34-,35+;15-,20?,21-,23-,24?,26-,27-,28+;/m00./s1. The summed E-state index contributed by atoms with van der Waals surface area (Å²) < 4.78 is 42.9. The molecule has 0 bridgehead atoms. The zero-order valence-electron chi connectivity index (χ0n) is 47.9. The summed E-state index contributed by atoms with van der Waals surface area (Å²) in [6.45, 7) is 19.7. The maximum atomic E-state index is 13.6. The number of halogens is 2. The Labute approximate surface area is 502 Å². The summed E-state index contributed by atoms with van der Waals surface area (Å²) in [4.78, 5) is 72.3. The van der Waals surface area contributed by atoms with Crippen molar-refractivity contribution in [2.45, 2.75) is 143 Å². The minimum atomic E-state index is -1.27. The SMILES string of the molecule is CC(=O)OC[C@]1(C)C2C[C@H](O)[C@@]3(C)Oc4cc(-c5cccnc5)oc(=O)c4[C@H](O)C3[C@@]2(C)CC[C@@H]1C.CC(=O)OC[C@]1(C)C2C[C@H](OC(=O)c3ccc(Br)cc3)[C@@]3(C)Oc4cc(-c5cccnc5)oc(=O)c4[C@H](O)C3[C@@]2(C)CC[C@@H]1C.I. The molecular formula is C63H74BrIN2O15. The van der Waals surface area contributed by atoms with Crippen LogP contribution in [-0.2, 0) is 23.8 Å². The number of aliphatic hydroxyl groups excluding tert-OH is 3. The number of hydrogen-bond acceptors (Lipinski definition) is 17. The number of ether oxygens (including phenoxy) is 5. The summed E-state index contributed by atoms with van der Waals surface area (Å²) in [5.41, 5.74) is -3.97. The maximum absolute atomic E-state index is 13.6. The number of pyridine rings is 2. The lowest BCUT2D eigenvalue weighted by Crippen LogP contribution is -2.70. The summed E-state index contributed by atoms with van der Waals surface area (Å²) in [5, 5.41) is 35.6. The summed E-state index contributed by atoms with van der Waals surface area (Å²) in [7, 11) is 0. The predicted molar refractivity (Wildman–Crippen MR) is 315 cm³/mol. The molecule has 16 atom stereocenters. The molecule has 6 heterocycles. The van der Waals surface area contributed by atoms with Crippen molar-refractivity contribution in [3.63, 3.8) is 0 Å². The smallest absolute Gasteiger partial charge is 0.345 e. The van der Waals surface area contributed by atoms with Gasteiger partial charge in [-0.25, -0.2) is 14.4 Å². The summed E-state index contributed by atoms with van der Waals surface area (Å²) >= 11 is 3.41. The zero-order chi connectivity index (χ0) is 58.4. The highest BCUT2D eigenvalue weighted by molar-refractivity contribution is 14.0. The highest BCUT2D eigenvalue weighted by atomic mass is 127. The molecule has 4 fully saturated rings. The van der Waals surface area contributed by atoms with E-state index in [1.807, 2.05) is 13.8 Å². The Morgan fingerprint density at radius 2 is 1.10 bits per heavy atom. The van der Waals surface area contributed by atoms with Gasteiger partial charge in [-0.15, -0.1) is 24.0 Å². The normalized spacial score (nSPS) is 35.6. The Kier molecular flexibility index (Phi) is 16.8. The largest absolute Gasteiger partial charge is 0.484 e. The van der Waals surface area contributed by atoms with Crippen LogP contribution in [0.2, 0.25) is 0 Å². The number of aromatic nitrogens is 2. The van der Waals surface area contributed by atoms with Crippen molar-refractivity contribution < 1.29 is 62.2 Å². The average Bonchev–Trinajstić information content (AvgIpc) is 0.779. The number of nitrogens with zero attached hydrogens (tertiary/aromatic N) is 2. The molecule has 0 amide bonds. The third-order valence-electron chi connectivity index (χ3n) is 20.7. The number of carbonyl (C=O) groups excluding carboxylic acids is 3. The number of aliphatic hydroxyl groups is 3. The molecule has 440 valence electrons. The maximum Gasteiger partial charge on any atom is 0.345 e. The molecule has 17 nitrogen and oxygen atoms in total. The van der Waals surface area contributed by atoms with Crippen LogP contribution < -0.4 is 20.7 Å². The van der Waals surface area contributed by atoms with Crippen LogP contribution in [0.4, 0.5) is 0 Å². The molecule has 4 aromatic heterocycles. The molecule has 2 aliphatic heterocycles. The molecule has 82 heavy (non-hydrogen) atoms. The van der Waals surface area contributed by atoms with Gasteiger partial charge in [0.15, 0.2) is 0 Å². The fourth-order valence-electron chi connectivity index (χ4n) is 16.0. The first-order chi connectivity index (χ1) is 38.2. The lowest BCUT2D eigenvalue weighted by atomic mass is 9.41. The molecule has 1 aromatic carbocycles. The third-order valence-corrected chi connectivity index (χ3v) is 21.2. The van der Waals surface area contributed by atoms with Crippen LogP contribution in [0.5, 0.6) is 11.5 Å². The molecular weight excluding hydrogens is 1230 g/mol. The van der Waals surface area contributed by atoms with Gasteiger partial charge in [0.25, 0.3) is 0 Å². The minimum absolute atomic E-state index is 0. The number of fused-ring (bicyclic) bond motifs is 8. The van der Waals surface area contributed by atoms with Gasteiger partial charge in [0, 0.05) is 89.0 Å². The van der Waals surface area contributed by atoms with Gasteiger partial charge < -0.3 is 47.8 Å². The van der Waals surface area contributed by atoms with E-state index in [4.69, 9.17) is 32.5 Å². The van der Waals surface area contributed by atoms with Gasteiger partial charge in [0.05, 0.1) is 37.1 Å². The van der Waals surface area contributed by atoms with Crippen molar-refractivity contribution in [3.05, 3.63) is 127 Å². The van der Waals surface area contributed by atoms with E-state index in [0.29, 0.717) is 29.5 Å². The first-order valence-electron chi connectivity index (χ1n) is 28.0. The van der Waals surface area contributed by atoms with Crippen LogP contribution in [0.15, 0.2) is 108 Å². The lowest BCUT2D eigenvalue weighted by Gasteiger charge is -2.66. The van der Waals surface area contributed by atoms with Gasteiger partial charge in [0.2, 0.25) is 0 Å². The van der Waals surface area contributed by atoms with Gasteiger partial charge in [-0.05, 0) is 135 Å². The second-order valence-corrected chi connectivity index (χ2v) is 26.1. The average molecular weight is 1310 g/mol. The topological polar surface area (TPSA) is 244 Å². The van der Waals surface area contributed by atoms with Crippen molar-refractivity contribution in [2.24, 2.45) is 57.2 Å². The number of benzene rings is 1. The van der Waals surface area contributed by atoms with Crippen LogP contribution >= 0.6 is 39.9 Å². The molecule has 4 saturated carbocycles. The fraction of sp³-hybridized carbons (Fsp3) is 0.540. The highest BCUT2D eigenvalue weighted by Crippen LogP contribution is 2.70. The van der Waals surface area contributed by atoms with Gasteiger partial charge in [0.1, 0.15) is 51.5 Å².